The van der Waals surface area contributed by atoms with Crippen molar-refractivity contribution in [1.82, 2.24) is 20.2 Å². The molecule has 8 nitrogen and oxygen atoms in total. The summed E-state index contributed by atoms with van der Waals surface area (Å²) in [5.74, 6) is -1.04. The van der Waals surface area contributed by atoms with E-state index in [1.807, 2.05) is 0 Å². The van der Waals surface area contributed by atoms with E-state index in [1.54, 1.807) is 36.7 Å². The van der Waals surface area contributed by atoms with Crippen LogP contribution in [-0.4, -0.2) is 52.7 Å². The molecule has 0 bridgehead atoms. The van der Waals surface area contributed by atoms with Crippen LogP contribution in [0.2, 0.25) is 0 Å². The van der Waals surface area contributed by atoms with Crippen LogP contribution < -0.4 is 15.4 Å². The standard InChI is InChI=1S/C25H24F3N5O3S/c26-25(27,28)36-19-7-5-18(6-8-19)31-22(35)20-4-3-11-30-24(20)37-23(17-9-12-29-13-10-17)32-21(34)16-33-14-1-2-15-33/h3-13,23H,1-2,14-16H2,(H,31,35)(H,32,34). The third kappa shape index (κ3) is 7.92. The van der Waals surface area contributed by atoms with Gasteiger partial charge in [0.15, 0.2) is 0 Å². The number of aromatic nitrogens is 2. The predicted octanol–water partition coefficient (Wildman–Crippen LogP) is 4.63. The van der Waals surface area contributed by atoms with Crippen LogP contribution in [0.15, 0.2) is 72.1 Å². The van der Waals surface area contributed by atoms with Crippen molar-refractivity contribution in [2.24, 2.45) is 0 Å². The molecule has 1 aliphatic rings. The molecule has 1 unspecified atom stereocenters. The van der Waals surface area contributed by atoms with Crippen LogP contribution in [-0.2, 0) is 4.79 Å². The first-order chi connectivity index (χ1) is 17.8. The molecular weight excluding hydrogens is 507 g/mol. The number of rotatable bonds is 9. The molecule has 1 saturated heterocycles. The summed E-state index contributed by atoms with van der Waals surface area (Å²) < 4.78 is 41.0. The average Bonchev–Trinajstić information content (AvgIpc) is 3.38. The first kappa shape index (κ1) is 26.4. The van der Waals surface area contributed by atoms with Crippen LogP contribution in [0.4, 0.5) is 18.9 Å². The van der Waals surface area contributed by atoms with E-state index in [1.165, 1.54) is 30.1 Å². The lowest BCUT2D eigenvalue weighted by molar-refractivity contribution is -0.274. The second kappa shape index (κ2) is 12.1. The smallest absolute Gasteiger partial charge is 0.406 e. The van der Waals surface area contributed by atoms with E-state index < -0.39 is 23.4 Å². The van der Waals surface area contributed by atoms with Crippen LogP contribution >= 0.6 is 11.8 Å². The molecule has 12 heteroatoms. The Hall–Kier alpha value is -3.64. The molecule has 1 aromatic carbocycles. The fourth-order valence-corrected chi connectivity index (χ4v) is 4.88. The van der Waals surface area contributed by atoms with Crippen molar-refractivity contribution in [2.75, 3.05) is 25.0 Å². The highest BCUT2D eigenvalue weighted by molar-refractivity contribution is 7.99. The summed E-state index contributed by atoms with van der Waals surface area (Å²) >= 11 is 1.21. The molecule has 3 aromatic rings. The van der Waals surface area contributed by atoms with Gasteiger partial charge in [-0.05, 0) is 80.0 Å². The van der Waals surface area contributed by atoms with Gasteiger partial charge in [0, 0.05) is 24.3 Å². The number of carbonyl (C=O) groups excluding carboxylic acids is 2. The Bertz CT molecular complexity index is 1210. The van der Waals surface area contributed by atoms with Crippen LogP contribution in [0.25, 0.3) is 0 Å². The minimum atomic E-state index is -4.80. The molecule has 3 heterocycles. The summed E-state index contributed by atoms with van der Waals surface area (Å²) in [6.07, 6.45) is 2.11. The second-order valence-electron chi connectivity index (χ2n) is 8.21. The number of carbonyl (C=O) groups is 2. The molecular formula is C25H24F3N5O3S. The predicted molar refractivity (Wildman–Crippen MR) is 132 cm³/mol. The van der Waals surface area contributed by atoms with Gasteiger partial charge in [0.1, 0.15) is 16.1 Å². The first-order valence-electron chi connectivity index (χ1n) is 11.5. The average molecular weight is 532 g/mol. The number of amides is 2. The quantitative estimate of drug-likeness (QED) is 0.307. The van der Waals surface area contributed by atoms with Gasteiger partial charge in [0.05, 0.1) is 12.1 Å². The number of ether oxygens (including phenoxy) is 1. The summed E-state index contributed by atoms with van der Waals surface area (Å²) in [6.45, 7) is 2.05. The number of halogens is 3. The van der Waals surface area contributed by atoms with Crippen LogP contribution in [0.1, 0.15) is 34.1 Å². The lowest BCUT2D eigenvalue weighted by atomic mass is 10.2. The minimum Gasteiger partial charge on any atom is -0.406 e. The number of hydrogen-bond donors (Lipinski definition) is 2. The van der Waals surface area contributed by atoms with Crippen LogP contribution in [0.5, 0.6) is 5.75 Å². The van der Waals surface area contributed by atoms with Gasteiger partial charge in [-0.15, -0.1) is 13.2 Å². The zero-order chi connectivity index (χ0) is 26.3. The summed E-state index contributed by atoms with van der Waals surface area (Å²) in [7, 11) is 0. The molecule has 1 aliphatic heterocycles. The van der Waals surface area contributed by atoms with E-state index >= 15 is 0 Å². The van der Waals surface area contributed by atoms with Crippen molar-refractivity contribution in [1.29, 1.82) is 0 Å². The lowest BCUT2D eigenvalue weighted by Crippen LogP contribution is -2.37. The normalized spacial score (nSPS) is 14.7. The topological polar surface area (TPSA) is 96.5 Å². The largest absolute Gasteiger partial charge is 0.573 e. The maximum absolute atomic E-state index is 13.0. The lowest BCUT2D eigenvalue weighted by Gasteiger charge is -2.21. The Morgan fingerprint density at radius 2 is 1.73 bits per heavy atom. The van der Waals surface area contributed by atoms with Crippen molar-refractivity contribution >= 4 is 29.3 Å². The molecule has 1 atom stereocenters. The number of benzene rings is 1. The molecule has 0 saturated carbocycles. The molecule has 2 amide bonds. The number of nitrogens with one attached hydrogen (secondary N) is 2. The molecule has 0 aliphatic carbocycles. The van der Waals surface area contributed by atoms with Crippen molar-refractivity contribution in [3.63, 3.8) is 0 Å². The number of hydrogen-bond acceptors (Lipinski definition) is 7. The van der Waals surface area contributed by atoms with Gasteiger partial charge in [0.2, 0.25) is 5.91 Å². The van der Waals surface area contributed by atoms with Gasteiger partial charge in [0.25, 0.3) is 5.91 Å². The Kier molecular flexibility index (Phi) is 8.62. The van der Waals surface area contributed by atoms with Crippen molar-refractivity contribution in [3.8, 4) is 5.75 Å². The van der Waals surface area contributed by atoms with E-state index in [-0.39, 0.29) is 23.7 Å². The molecule has 2 aromatic heterocycles. The highest BCUT2D eigenvalue weighted by Crippen LogP contribution is 2.34. The molecule has 0 radical (unpaired) electrons. The minimum absolute atomic E-state index is 0.140. The molecule has 2 N–H and O–H groups in total. The molecule has 0 spiro atoms. The van der Waals surface area contributed by atoms with Crippen molar-refractivity contribution < 1.29 is 27.5 Å². The highest BCUT2D eigenvalue weighted by Gasteiger charge is 2.31. The van der Waals surface area contributed by atoms with Gasteiger partial charge in [-0.1, -0.05) is 11.8 Å². The van der Waals surface area contributed by atoms with E-state index in [4.69, 9.17) is 0 Å². The van der Waals surface area contributed by atoms with Gasteiger partial charge < -0.3 is 15.4 Å². The van der Waals surface area contributed by atoms with Gasteiger partial charge >= 0.3 is 6.36 Å². The van der Waals surface area contributed by atoms with Crippen molar-refractivity contribution in [2.45, 2.75) is 29.6 Å². The van der Waals surface area contributed by atoms with Crippen LogP contribution in [0, 0.1) is 0 Å². The second-order valence-corrected chi connectivity index (χ2v) is 9.31. The summed E-state index contributed by atoms with van der Waals surface area (Å²) in [4.78, 5) is 36.3. The first-order valence-corrected chi connectivity index (χ1v) is 12.4. The van der Waals surface area contributed by atoms with Gasteiger partial charge in [-0.2, -0.15) is 0 Å². The molecule has 1 fully saturated rings. The number of nitrogens with zero attached hydrogens (tertiary/aromatic N) is 3. The Labute approximate surface area is 215 Å². The van der Waals surface area contributed by atoms with E-state index in [0.717, 1.165) is 43.6 Å². The summed E-state index contributed by atoms with van der Waals surface area (Å²) in [5, 5.41) is 5.53. The maximum Gasteiger partial charge on any atom is 0.573 e. The number of likely N-dealkylation sites (tertiary alicyclic amines) is 1. The Morgan fingerprint density at radius 1 is 1.03 bits per heavy atom. The third-order valence-corrected chi connectivity index (χ3v) is 6.63. The van der Waals surface area contributed by atoms with E-state index in [0.29, 0.717) is 5.03 Å². The van der Waals surface area contributed by atoms with Gasteiger partial charge in [-0.25, -0.2) is 4.98 Å². The highest BCUT2D eigenvalue weighted by atomic mass is 32.2. The number of thioether (sulfide) groups is 1. The fourth-order valence-electron chi connectivity index (χ4n) is 3.76. The Balaban J connectivity index is 1.48. The van der Waals surface area contributed by atoms with Crippen LogP contribution in [0.3, 0.4) is 0 Å². The van der Waals surface area contributed by atoms with Gasteiger partial charge in [-0.3, -0.25) is 19.5 Å². The summed E-state index contributed by atoms with van der Waals surface area (Å²) in [6, 6.07) is 11.6. The zero-order valence-corrected chi connectivity index (χ0v) is 20.4. The fraction of sp³-hybridized carbons (Fsp3) is 0.280. The zero-order valence-electron chi connectivity index (χ0n) is 19.6. The molecule has 194 valence electrons. The van der Waals surface area contributed by atoms with E-state index in [2.05, 4.69) is 30.2 Å². The van der Waals surface area contributed by atoms with E-state index in [9.17, 15) is 22.8 Å². The number of pyridine rings is 2. The monoisotopic (exact) mass is 531 g/mol. The summed E-state index contributed by atoms with van der Waals surface area (Å²) in [5.41, 5.74) is 1.31. The maximum atomic E-state index is 13.0. The number of alkyl halides is 3. The van der Waals surface area contributed by atoms with Crippen molar-refractivity contribution in [3.05, 3.63) is 78.2 Å². The SMILES string of the molecule is O=C(CN1CCCC1)NC(Sc1ncccc1C(=O)Nc1ccc(OC(F)(F)F)cc1)c1ccncc1. The number of anilines is 1. The Morgan fingerprint density at radius 3 is 2.41 bits per heavy atom. The molecule has 37 heavy (non-hydrogen) atoms. The molecule has 4 rings (SSSR count). The third-order valence-electron chi connectivity index (χ3n) is 5.46.